The van der Waals surface area contributed by atoms with E-state index in [0.29, 0.717) is 31.6 Å². The van der Waals surface area contributed by atoms with Crippen LogP contribution in [0.4, 0.5) is 8.78 Å². The number of carboxylic acids is 2. The summed E-state index contributed by atoms with van der Waals surface area (Å²) in [5, 5.41) is 19.8. The summed E-state index contributed by atoms with van der Waals surface area (Å²) in [6.45, 7) is 0.511. The van der Waals surface area contributed by atoms with Crippen molar-refractivity contribution in [1.82, 2.24) is 4.57 Å². The number of hydrogen-bond donors (Lipinski definition) is 2. The summed E-state index contributed by atoms with van der Waals surface area (Å²) in [6.07, 6.45) is 9.49. The Morgan fingerprint density at radius 1 is 0.884 bits per heavy atom. The van der Waals surface area contributed by atoms with E-state index in [9.17, 15) is 28.6 Å². The third-order valence-corrected chi connectivity index (χ3v) is 7.68. The molecule has 0 bridgehead atoms. The molecule has 4 aromatic rings. The summed E-state index contributed by atoms with van der Waals surface area (Å²) >= 11 is 0. The van der Waals surface area contributed by atoms with Crippen molar-refractivity contribution < 1.29 is 38.1 Å². The van der Waals surface area contributed by atoms with Gasteiger partial charge in [-0.1, -0.05) is 48.6 Å². The maximum atomic E-state index is 13.6. The fraction of sp³-hybridized carbons (Fsp3) is 0.294. The van der Waals surface area contributed by atoms with Crippen molar-refractivity contribution in [3.63, 3.8) is 0 Å². The van der Waals surface area contributed by atoms with Gasteiger partial charge in [0.2, 0.25) is 5.82 Å². The zero-order valence-corrected chi connectivity index (χ0v) is 23.6. The predicted molar refractivity (Wildman–Crippen MR) is 159 cm³/mol. The van der Waals surface area contributed by atoms with Crippen LogP contribution in [0.3, 0.4) is 0 Å². The van der Waals surface area contributed by atoms with Gasteiger partial charge in [0.25, 0.3) is 0 Å². The Morgan fingerprint density at radius 3 is 2.30 bits per heavy atom. The van der Waals surface area contributed by atoms with E-state index in [0.717, 1.165) is 46.5 Å². The van der Waals surface area contributed by atoms with Crippen LogP contribution in [0.1, 0.15) is 48.8 Å². The first-order chi connectivity index (χ1) is 20.7. The molecular formula is C34H33F2NO6. The molecule has 5 rings (SSSR count). The van der Waals surface area contributed by atoms with Gasteiger partial charge in [-0.05, 0) is 78.5 Å². The van der Waals surface area contributed by atoms with Crippen molar-refractivity contribution in [3.8, 4) is 11.5 Å². The Morgan fingerprint density at radius 2 is 1.60 bits per heavy atom. The fourth-order valence-electron chi connectivity index (χ4n) is 5.36. The van der Waals surface area contributed by atoms with Gasteiger partial charge < -0.3 is 24.3 Å². The van der Waals surface area contributed by atoms with Gasteiger partial charge in [0.15, 0.2) is 11.6 Å². The van der Waals surface area contributed by atoms with Crippen molar-refractivity contribution >= 4 is 35.0 Å². The molecule has 0 radical (unpaired) electrons. The van der Waals surface area contributed by atoms with E-state index in [1.165, 1.54) is 12.1 Å². The normalized spacial score (nSPS) is 13.8. The van der Waals surface area contributed by atoms with Crippen LogP contribution in [0, 0.1) is 17.0 Å². The van der Waals surface area contributed by atoms with Crippen LogP contribution in [0.25, 0.3) is 23.1 Å². The highest BCUT2D eigenvalue weighted by molar-refractivity contribution is 5.94. The van der Waals surface area contributed by atoms with Crippen LogP contribution >= 0.6 is 0 Å². The van der Waals surface area contributed by atoms with Crippen molar-refractivity contribution in [3.05, 3.63) is 95.2 Å². The summed E-state index contributed by atoms with van der Waals surface area (Å²) < 4.78 is 39.7. The van der Waals surface area contributed by atoms with Crippen LogP contribution in [-0.4, -0.2) is 39.9 Å². The van der Waals surface area contributed by atoms with E-state index < -0.39 is 23.6 Å². The molecule has 0 spiro atoms. The Kier molecular flexibility index (Phi) is 9.09. The standard InChI is InChI=1S/C34H33F2NO6/c35-28-7-4-8-29(32(28)36)43-18-2-1-17-42-26-13-10-23(11-14-26)9-12-24-5-3-6-27-25(19-34(15-16-34)20-30(38)39)21-37(33(24)27)22-31(40)41/h3-14,21H,1-2,15-20,22H2,(H,38,39)(H,40,41). The molecule has 2 N–H and O–H groups in total. The average Bonchev–Trinajstić information content (AvgIpc) is 3.64. The highest BCUT2D eigenvalue weighted by Gasteiger charge is 2.44. The van der Waals surface area contributed by atoms with Gasteiger partial charge in [-0.15, -0.1) is 0 Å². The number of para-hydroxylation sites is 1. The second-order valence-corrected chi connectivity index (χ2v) is 11.0. The summed E-state index contributed by atoms with van der Waals surface area (Å²) in [5.74, 6) is -3.07. The van der Waals surface area contributed by atoms with Gasteiger partial charge in [-0.3, -0.25) is 9.59 Å². The highest BCUT2D eigenvalue weighted by Crippen LogP contribution is 2.52. The molecule has 224 valence electrons. The molecule has 1 aromatic heterocycles. The fourth-order valence-corrected chi connectivity index (χ4v) is 5.36. The van der Waals surface area contributed by atoms with E-state index in [1.54, 1.807) is 4.57 Å². The smallest absolute Gasteiger partial charge is 0.323 e. The number of halogens is 2. The average molecular weight is 590 g/mol. The molecule has 7 nitrogen and oxygen atoms in total. The molecule has 0 unspecified atom stereocenters. The molecule has 1 heterocycles. The zero-order chi connectivity index (χ0) is 30.4. The second kappa shape index (κ2) is 13.1. The lowest BCUT2D eigenvalue weighted by Crippen LogP contribution is -2.11. The largest absolute Gasteiger partial charge is 0.494 e. The van der Waals surface area contributed by atoms with Crippen LogP contribution in [0.5, 0.6) is 11.5 Å². The summed E-state index contributed by atoms with van der Waals surface area (Å²) in [5.41, 5.74) is 3.34. The Labute approximate surface area is 248 Å². The van der Waals surface area contributed by atoms with Crippen LogP contribution in [0.15, 0.2) is 66.9 Å². The molecule has 0 atom stereocenters. The van der Waals surface area contributed by atoms with Crippen molar-refractivity contribution in [2.75, 3.05) is 13.2 Å². The lowest BCUT2D eigenvalue weighted by atomic mass is 9.92. The number of rotatable bonds is 15. The maximum absolute atomic E-state index is 13.6. The third-order valence-electron chi connectivity index (χ3n) is 7.68. The van der Waals surface area contributed by atoms with Gasteiger partial charge in [0.1, 0.15) is 12.3 Å². The molecule has 1 saturated carbocycles. The number of carbonyl (C=O) groups is 2. The summed E-state index contributed by atoms with van der Waals surface area (Å²) in [4.78, 5) is 23.0. The molecule has 0 aliphatic heterocycles. The van der Waals surface area contributed by atoms with Gasteiger partial charge in [-0.25, -0.2) is 4.39 Å². The van der Waals surface area contributed by atoms with Crippen molar-refractivity contribution in [2.24, 2.45) is 5.41 Å². The highest BCUT2D eigenvalue weighted by atomic mass is 19.2. The number of ether oxygens (including phenoxy) is 2. The first-order valence-electron chi connectivity index (χ1n) is 14.3. The van der Waals surface area contributed by atoms with Gasteiger partial charge in [-0.2, -0.15) is 4.39 Å². The molecule has 1 aliphatic rings. The van der Waals surface area contributed by atoms with Crippen molar-refractivity contribution in [2.45, 2.75) is 45.1 Å². The minimum Gasteiger partial charge on any atom is -0.494 e. The van der Waals surface area contributed by atoms with Crippen LogP contribution < -0.4 is 9.47 Å². The van der Waals surface area contributed by atoms with E-state index in [4.69, 9.17) is 9.47 Å². The van der Waals surface area contributed by atoms with Gasteiger partial charge in [0.05, 0.1) is 25.2 Å². The molecule has 1 aliphatic carbocycles. The molecule has 1 fully saturated rings. The zero-order valence-electron chi connectivity index (χ0n) is 23.6. The van der Waals surface area contributed by atoms with E-state index >= 15 is 0 Å². The minimum absolute atomic E-state index is 0.0984. The number of aromatic nitrogens is 1. The van der Waals surface area contributed by atoms with E-state index in [2.05, 4.69) is 0 Å². The quantitative estimate of drug-likeness (QED) is 0.112. The number of aliphatic carboxylic acids is 2. The number of unbranched alkanes of at least 4 members (excludes halogenated alkanes) is 1. The first-order valence-corrected chi connectivity index (χ1v) is 14.3. The number of benzene rings is 3. The van der Waals surface area contributed by atoms with Gasteiger partial charge >= 0.3 is 11.9 Å². The Bertz CT molecular complexity index is 1640. The molecule has 43 heavy (non-hydrogen) atoms. The first kappa shape index (κ1) is 29.8. The number of nitrogens with zero attached hydrogens (tertiary/aromatic N) is 1. The number of hydrogen-bond acceptors (Lipinski definition) is 4. The lowest BCUT2D eigenvalue weighted by Gasteiger charge is -2.11. The van der Waals surface area contributed by atoms with Crippen LogP contribution in [-0.2, 0) is 22.6 Å². The van der Waals surface area contributed by atoms with Crippen LogP contribution in [0.2, 0.25) is 0 Å². The molecule has 0 saturated heterocycles. The summed E-state index contributed by atoms with van der Waals surface area (Å²) in [6, 6.07) is 17.3. The lowest BCUT2D eigenvalue weighted by molar-refractivity contribution is -0.139. The number of carboxylic acid groups (broad SMARTS) is 2. The molecule has 9 heteroatoms. The Hall–Kier alpha value is -4.66. The van der Waals surface area contributed by atoms with Gasteiger partial charge in [0, 0.05) is 11.6 Å². The Balaban J connectivity index is 1.20. The monoisotopic (exact) mass is 589 g/mol. The third kappa shape index (κ3) is 7.60. The SMILES string of the molecule is O=C(O)Cn1cc(CC2(CC(=O)O)CC2)c2cccc(C=Cc3ccc(OCCCCOc4cccc(F)c4F)cc3)c21. The minimum atomic E-state index is -0.983. The second-order valence-electron chi connectivity index (χ2n) is 11.0. The molecular weight excluding hydrogens is 556 g/mol. The molecule has 3 aromatic carbocycles. The van der Waals surface area contributed by atoms with Crippen molar-refractivity contribution in [1.29, 1.82) is 0 Å². The maximum Gasteiger partial charge on any atom is 0.323 e. The number of fused-ring (bicyclic) bond motifs is 1. The summed E-state index contributed by atoms with van der Waals surface area (Å²) in [7, 11) is 0. The van der Waals surface area contributed by atoms with E-state index in [-0.39, 0.29) is 30.7 Å². The van der Waals surface area contributed by atoms with E-state index in [1.807, 2.05) is 60.8 Å². The topological polar surface area (TPSA) is 98.0 Å². The predicted octanol–water partition coefficient (Wildman–Crippen LogP) is 7.21. The molecule has 0 amide bonds.